The van der Waals surface area contributed by atoms with Crippen LogP contribution in [0.15, 0.2) is 134 Å². The summed E-state index contributed by atoms with van der Waals surface area (Å²) >= 11 is 0. The molecule has 6 heteroatoms. The lowest BCUT2D eigenvalue weighted by atomic mass is 10.0. The summed E-state index contributed by atoms with van der Waals surface area (Å²) in [5.41, 5.74) is 0. The van der Waals surface area contributed by atoms with Gasteiger partial charge in [-0.1, -0.05) is 296 Å². The van der Waals surface area contributed by atoms with Crippen molar-refractivity contribution in [3.8, 4) is 0 Å². The quantitative estimate of drug-likeness (QED) is 0.0261. The van der Waals surface area contributed by atoms with Gasteiger partial charge in [-0.15, -0.1) is 0 Å². The maximum atomic E-state index is 12.8. The summed E-state index contributed by atoms with van der Waals surface area (Å²) in [6.07, 6.45) is 93.7. The minimum Gasteiger partial charge on any atom is -0.462 e. The van der Waals surface area contributed by atoms with Gasteiger partial charge in [0.05, 0.1) is 6.42 Å². The Balaban J connectivity index is 4.15. The molecule has 1 unspecified atom stereocenters. The summed E-state index contributed by atoms with van der Waals surface area (Å²) in [6.45, 7) is 6.29. The van der Waals surface area contributed by atoms with E-state index in [2.05, 4.69) is 142 Å². The molecule has 0 bridgehead atoms. The molecular weight excluding hydrogens is 973 g/mol. The number of carbonyl (C=O) groups excluding carboxylic acids is 3. The monoisotopic (exact) mass is 1090 g/mol. The van der Waals surface area contributed by atoms with Crippen LogP contribution in [-0.2, 0) is 28.6 Å². The van der Waals surface area contributed by atoms with Gasteiger partial charge in [0.25, 0.3) is 0 Å². The van der Waals surface area contributed by atoms with Crippen LogP contribution >= 0.6 is 0 Å². The van der Waals surface area contributed by atoms with Crippen LogP contribution in [-0.4, -0.2) is 37.2 Å². The van der Waals surface area contributed by atoms with Crippen molar-refractivity contribution in [3.05, 3.63) is 134 Å². The molecule has 0 N–H and O–H groups in total. The van der Waals surface area contributed by atoms with Crippen molar-refractivity contribution in [3.63, 3.8) is 0 Å². The smallest absolute Gasteiger partial charge is 0.310 e. The second-order valence-corrected chi connectivity index (χ2v) is 21.3. The van der Waals surface area contributed by atoms with Crippen molar-refractivity contribution in [1.29, 1.82) is 0 Å². The van der Waals surface area contributed by atoms with E-state index >= 15 is 0 Å². The van der Waals surface area contributed by atoms with E-state index in [1.165, 1.54) is 135 Å². The largest absolute Gasteiger partial charge is 0.462 e. The van der Waals surface area contributed by atoms with E-state index in [1.54, 1.807) is 6.08 Å². The maximum Gasteiger partial charge on any atom is 0.310 e. The van der Waals surface area contributed by atoms with Gasteiger partial charge < -0.3 is 14.2 Å². The van der Waals surface area contributed by atoms with E-state index < -0.39 is 12.1 Å². The topological polar surface area (TPSA) is 78.9 Å². The van der Waals surface area contributed by atoms with Crippen molar-refractivity contribution in [2.75, 3.05) is 13.2 Å². The highest BCUT2D eigenvalue weighted by Gasteiger charge is 2.19. The van der Waals surface area contributed by atoms with E-state index in [9.17, 15) is 14.4 Å². The number of ether oxygens (including phenoxy) is 3. The minimum absolute atomic E-state index is 0.0933. The zero-order chi connectivity index (χ0) is 57.1. The van der Waals surface area contributed by atoms with E-state index in [4.69, 9.17) is 14.2 Å². The molecule has 0 heterocycles. The van der Waals surface area contributed by atoms with Gasteiger partial charge in [-0.25, -0.2) is 0 Å². The highest BCUT2D eigenvalue weighted by molar-refractivity contribution is 5.72. The molecule has 0 saturated carbocycles. The fourth-order valence-corrected chi connectivity index (χ4v) is 8.82. The van der Waals surface area contributed by atoms with Gasteiger partial charge in [0.1, 0.15) is 13.2 Å². The number of esters is 3. The normalized spacial score (nSPS) is 13.0. The Hall–Kier alpha value is -4.45. The van der Waals surface area contributed by atoms with Gasteiger partial charge in [0.15, 0.2) is 6.10 Å². The lowest BCUT2D eigenvalue weighted by Gasteiger charge is -2.18. The van der Waals surface area contributed by atoms with Gasteiger partial charge in [0, 0.05) is 12.8 Å². The van der Waals surface area contributed by atoms with Gasteiger partial charge in [0.2, 0.25) is 0 Å². The Morgan fingerprint density at radius 2 is 0.532 bits per heavy atom. The average molecular weight is 1090 g/mol. The first-order chi connectivity index (χ1) is 39.0. The van der Waals surface area contributed by atoms with Crippen LogP contribution in [0.1, 0.15) is 290 Å². The van der Waals surface area contributed by atoms with E-state index in [1.807, 2.05) is 6.08 Å². The Morgan fingerprint density at radius 1 is 0.278 bits per heavy atom. The van der Waals surface area contributed by atoms with Crippen LogP contribution in [0, 0.1) is 0 Å². The Morgan fingerprint density at radius 3 is 0.848 bits per heavy atom. The Kier molecular flexibility index (Phi) is 62.3. The number of rotatable bonds is 58. The summed E-state index contributed by atoms with van der Waals surface area (Å²) in [5.74, 6) is -1.06. The molecular formula is C73H120O6. The fraction of sp³-hybridized carbons (Fsp3) is 0.658. The van der Waals surface area contributed by atoms with Crippen molar-refractivity contribution < 1.29 is 28.6 Å². The molecule has 0 fully saturated rings. The van der Waals surface area contributed by atoms with Gasteiger partial charge in [-0.05, 0) is 109 Å². The second kappa shape index (κ2) is 66.1. The van der Waals surface area contributed by atoms with E-state index in [-0.39, 0.29) is 31.6 Å². The molecule has 448 valence electrons. The molecule has 6 nitrogen and oxygen atoms in total. The standard InChI is InChI=1S/C73H120O6/c1-4-7-10-13-16-19-22-24-26-27-28-29-30-31-32-33-34-35-36-37-38-39-40-41-42-43-44-45-47-48-51-54-57-60-63-66-72(75)78-69-70(68-77-71(74)65-62-59-56-53-50-21-18-15-12-9-6-3)79-73(76)67-64-61-58-55-52-49-46-25-23-20-17-14-11-8-5-2/h7-8,10-11,15-20,24-26,28-29,31-32,46,52,55,61,64,70H,4-6,9,12-14,21-23,27,30,33-45,47-51,53-54,56-60,62-63,65-69H2,1-3H3/b10-7-,11-8-,18-15-,19-16-,20-17-,26-24-,29-28-,32-31-,46-25-,55-52-,64-61-. The predicted octanol–water partition coefficient (Wildman–Crippen LogP) is 22.5. The van der Waals surface area contributed by atoms with Gasteiger partial charge >= 0.3 is 17.9 Å². The molecule has 0 amide bonds. The molecule has 0 spiro atoms. The molecule has 0 aromatic rings. The molecule has 0 rings (SSSR count). The first-order valence-electron chi connectivity index (χ1n) is 32.7. The van der Waals surface area contributed by atoms with E-state index in [0.717, 1.165) is 116 Å². The fourth-order valence-electron chi connectivity index (χ4n) is 8.82. The van der Waals surface area contributed by atoms with Crippen LogP contribution in [0.2, 0.25) is 0 Å². The zero-order valence-corrected chi connectivity index (χ0v) is 51.3. The minimum atomic E-state index is -0.837. The lowest BCUT2D eigenvalue weighted by molar-refractivity contribution is -0.166. The van der Waals surface area contributed by atoms with Crippen LogP contribution < -0.4 is 0 Å². The van der Waals surface area contributed by atoms with Gasteiger partial charge in [-0.3, -0.25) is 14.4 Å². The summed E-state index contributed by atoms with van der Waals surface area (Å²) in [5, 5.41) is 0. The lowest BCUT2D eigenvalue weighted by Crippen LogP contribution is -2.30. The molecule has 0 radical (unpaired) electrons. The molecule has 0 aromatic heterocycles. The molecule has 79 heavy (non-hydrogen) atoms. The van der Waals surface area contributed by atoms with Crippen molar-refractivity contribution in [2.45, 2.75) is 297 Å². The molecule has 1 atom stereocenters. The van der Waals surface area contributed by atoms with E-state index in [0.29, 0.717) is 12.8 Å². The first-order valence-corrected chi connectivity index (χ1v) is 32.7. The van der Waals surface area contributed by atoms with Crippen LogP contribution in [0.5, 0.6) is 0 Å². The second-order valence-electron chi connectivity index (χ2n) is 21.3. The van der Waals surface area contributed by atoms with Crippen LogP contribution in [0.3, 0.4) is 0 Å². The molecule has 0 aromatic carbocycles. The van der Waals surface area contributed by atoms with Gasteiger partial charge in [-0.2, -0.15) is 0 Å². The van der Waals surface area contributed by atoms with Crippen LogP contribution in [0.25, 0.3) is 0 Å². The summed E-state index contributed by atoms with van der Waals surface area (Å²) < 4.78 is 16.8. The molecule has 0 saturated heterocycles. The first kappa shape index (κ1) is 74.5. The summed E-state index contributed by atoms with van der Waals surface area (Å²) in [7, 11) is 0. The number of hydrogen-bond donors (Lipinski definition) is 0. The average Bonchev–Trinajstić information content (AvgIpc) is 3.45. The third-order valence-electron chi connectivity index (χ3n) is 13.7. The number of carbonyl (C=O) groups is 3. The Bertz CT molecular complexity index is 1680. The van der Waals surface area contributed by atoms with Crippen molar-refractivity contribution >= 4 is 17.9 Å². The SMILES string of the molecule is CC/C=C\C/C=C\C/C=C\C/C=C\C/C=C\CCCCCCCCCCCCCCCCCCCCCC(=O)OCC(COC(=O)CCCCCCC/C=C\CCCC)OC(=O)C/C=C\C/C=C\C/C=C\C/C=C\C/C=C\CC. The summed E-state index contributed by atoms with van der Waals surface area (Å²) in [4.78, 5) is 38.1. The molecule has 0 aliphatic heterocycles. The highest BCUT2D eigenvalue weighted by Crippen LogP contribution is 2.16. The zero-order valence-electron chi connectivity index (χ0n) is 51.3. The Labute approximate surface area is 487 Å². The number of unbranched alkanes of at least 4 members (excludes halogenated alkanes) is 26. The van der Waals surface area contributed by atoms with Crippen LogP contribution in [0.4, 0.5) is 0 Å². The third-order valence-corrected chi connectivity index (χ3v) is 13.7. The third kappa shape index (κ3) is 64.3. The summed E-state index contributed by atoms with van der Waals surface area (Å²) in [6, 6.07) is 0. The number of hydrogen-bond acceptors (Lipinski definition) is 6. The van der Waals surface area contributed by atoms with Crippen molar-refractivity contribution in [2.24, 2.45) is 0 Å². The predicted molar refractivity (Wildman–Crippen MR) is 343 cm³/mol. The maximum absolute atomic E-state index is 12.8. The van der Waals surface area contributed by atoms with Crippen molar-refractivity contribution in [1.82, 2.24) is 0 Å². The number of allylic oxidation sites excluding steroid dienone is 21. The molecule has 0 aliphatic carbocycles. The highest BCUT2D eigenvalue weighted by atomic mass is 16.6. The molecule has 0 aliphatic rings.